The number of amides is 1. The zero-order valence-electron chi connectivity index (χ0n) is 14.0. The van der Waals surface area contributed by atoms with Crippen molar-refractivity contribution in [1.29, 1.82) is 0 Å². The average molecular weight is 312 g/mol. The first kappa shape index (κ1) is 16.9. The topological polar surface area (TPSA) is 66.9 Å². The molecule has 0 aliphatic carbocycles. The Labute approximate surface area is 137 Å². The summed E-state index contributed by atoms with van der Waals surface area (Å²) < 4.78 is 0. The Kier molecular flexibility index (Phi) is 6.09. The van der Waals surface area contributed by atoms with Crippen LogP contribution < -0.4 is 10.6 Å². The minimum absolute atomic E-state index is 0.0834. The van der Waals surface area contributed by atoms with Crippen LogP contribution in [0.5, 0.6) is 0 Å². The predicted octanol–water partition coefficient (Wildman–Crippen LogP) is 2.97. The maximum atomic E-state index is 12.0. The number of hydrogen-bond donors (Lipinski definition) is 2. The molecule has 2 N–H and O–H groups in total. The van der Waals surface area contributed by atoms with Gasteiger partial charge in [-0.2, -0.15) is 0 Å². The Morgan fingerprint density at radius 1 is 1.17 bits per heavy atom. The third kappa shape index (κ3) is 5.70. The third-order valence-corrected chi connectivity index (χ3v) is 3.27. The van der Waals surface area contributed by atoms with Crippen molar-refractivity contribution < 1.29 is 4.79 Å². The number of carbonyl (C=O) groups excluding carboxylic acids is 1. The van der Waals surface area contributed by atoms with Gasteiger partial charge in [-0.15, -0.1) is 0 Å². The molecule has 0 atom stereocenters. The van der Waals surface area contributed by atoms with Crippen molar-refractivity contribution in [2.75, 3.05) is 11.9 Å². The summed E-state index contributed by atoms with van der Waals surface area (Å²) in [6, 6.07) is 12.1. The highest BCUT2D eigenvalue weighted by Crippen LogP contribution is 2.07. The van der Waals surface area contributed by atoms with Crippen molar-refractivity contribution >= 4 is 11.9 Å². The van der Waals surface area contributed by atoms with Crippen molar-refractivity contribution in [1.82, 2.24) is 15.3 Å². The summed E-state index contributed by atoms with van der Waals surface area (Å²) in [4.78, 5) is 20.7. The molecule has 122 valence electrons. The second-order valence-electron chi connectivity index (χ2n) is 5.86. The number of carbonyl (C=O) groups is 1. The van der Waals surface area contributed by atoms with Crippen LogP contribution in [0.4, 0.5) is 5.95 Å². The van der Waals surface area contributed by atoms with Crippen molar-refractivity contribution in [3.8, 4) is 0 Å². The van der Waals surface area contributed by atoms with E-state index in [1.54, 1.807) is 6.07 Å². The molecule has 0 unspecified atom stereocenters. The molecule has 1 aromatic carbocycles. The smallest absolute Gasteiger partial charge is 0.270 e. The van der Waals surface area contributed by atoms with E-state index < -0.39 is 0 Å². The quantitative estimate of drug-likeness (QED) is 0.771. The van der Waals surface area contributed by atoms with Gasteiger partial charge in [0, 0.05) is 18.3 Å². The molecule has 0 fully saturated rings. The molecule has 1 aromatic heterocycles. The highest BCUT2D eigenvalue weighted by atomic mass is 16.1. The van der Waals surface area contributed by atoms with Gasteiger partial charge in [0.15, 0.2) is 0 Å². The van der Waals surface area contributed by atoms with E-state index in [2.05, 4.69) is 32.7 Å². The van der Waals surface area contributed by atoms with Crippen molar-refractivity contribution in [3.63, 3.8) is 0 Å². The molecular formula is C18H24N4O. The van der Waals surface area contributed by atoms with E-state index in [4.69, 9.17) is 0 Å². The molecule has 0 bridgehead atoms. The molecule has 1 heterocycles. The monoisotopic (exact) mass is 312 g/mol. The Morgan fingerprint density at radius 2 is 1.91 bits per heavy atom. The van der Waals surface area contributed by atoms with Gasteiger partial charge >= 0.3 is 0 Å². The molecule has 2 rings (SSSR count). The van der Waals surface area contributed by atoms with Crippen LogP contribution in [0.1, 0.15) is 42.0 Å². The molecule has 0 saturated carbocycles. The molecular weight excluding hydrogens is 288 g/mol. The highest BCUT2D eigenvalue weighted by Gasteiger charge is 2.11. The molecule has 5 nitrogen and oxygen atoms in total. The number of aryl methyl sites for hydroxylation is 2. The van der Waals surface area contributed by atoms with Gasteiger partial charge in [0.05, 0.1) is 0 Å². The molecule has 2 aromatic rings. The molecule has 0 radical (unpaired) electrons. The van der Waals surface area contributed by atoms with Crippen molar-refractivity contribution in [2.24, 2.45) is 0 Å². The maximum Gasteiger partial charge on any atom is 0.270 e. The van der Waals surface area contributed by atoms with Gasteiger partial charge in [-0.05, 0) is 45.2 Å². The Hall–Kier alpha value is -2.43. The lowest BCUT2D eigenvalue weighted by atomic mass is 10.1. The molecule has 0 aliphatic rings. The number of rotatable bonds is 7. The fraction of sp³-hybridized carbons (Fsp3) is 0.389. The fourth-order valence-electron chi connectivity index (χ4n) is 2.24. The lowest BCUT2D eigenvalue weighted by molar-refractivity contribution is 0.0938. The maximum absolute atomic E-state index is 12.0. The lowest BCUT2D eigenvalue weighted by Gasteiger charge is -2.10. The largest absolute Gasteiger partial charge is 0.354 e. The zero-order valence-corrected chi connectivity index (χ0v) is 14.0. The van der Waals surface area contributed by atoms with E-state index in [-0.39, 0.29) is 11.9 Å². The summed E-state index contributed by atoms with van der Waals surface area (Å²) in [5, 5.41) is 6.05. The van der Waals surface area contributed by atoms with Gasteiger partial charge in [-0.25, -0.2) is 9.97 Å². The summed E-state index contributed by atoms with van der Waals surface area (Å²) in [5.74, 6) is 0.338. The van der Waals surface area contributed by atoms with Crippen LogP contribution in [0.25, 0.3) is 0 Å². The van der Waals surface area contributed by atoms with E-state index in [9.17, 15) is 4.79 Å². The minimum atomic E-state index is -0.169. The third-order valence-electron chi connectivity index (χ3n) is 3.27. The fourth-order valence-corrected chi connectivity index (χ4v) is 2.24. The first-order valence-corrected chi connectivity index (χ1v) is 7.99. The Balaban J connectivity index is 1.89. The van der Waals surface area contributed by atoms with Crippen LogP contribution in [0, 0.1) is 6.92 Å². The van der Waals surface area contributed by atoms with E-state index in [1.807, 2.05) is 39.0 Å². The van der Waals surface area contributed by atoms with E-state index in [0.717, 1.165) is 25.1 Å². The van der Waals surface area contributed by atoms with Gasteiger partial charge < -0.3 is 10.6 Å². The minimum Gasteiger partial charge on any atom is -0.354 e. The second kappa shape index (κ2) is 8.27. The van der Waals surface area contributed by atoms with Gasteiger partial charge in [-0.1, -0.05) is 30.3 Å². The predicted molar refractivity (Wildman–Crippen MR) is 92.6 cm³/mol. The summed E-state index contributed by atoms with van der Waals surface area (Å²) in [5.41, 5.74) is 2.49. The SMILES string of the molecule is Cc1cc(C(=O)NC(C)C)nc(NCCCc2ccccc2)n1. The number of nitrogens with zero attached hydrogens (tertiary/aromatic N) is 2. The summed E-state index contributed by atoms with van der Waals surface area (Å²) in [6.45, 7) is 6.48. The first-order chi connectivity index (χ1) is 11.0. The van der Waals surface area contributed by atoms with Gasteiger partial charge in [0.2, 0.25) is 5.95 Å². The summed E-state index contributed by atoms with van der Waals surface area (Å²) in [6.07, 6.45) is 1.98. The van der Waals surface area contributed by atoms with Gasteiger partial charge in [0.25, 0.3) is 5.91 Å². The normalized spacial score (nSPS) is 10.6. The number of benzene rings is 1. The van der Waals surface area contributed by atoms with Crippen LogP contribution in [0.3, 0.4) is 0 Å². The van der Waals surface area contributed by atoms with Crippen LogP contribution in [-0.4, -0.2) is 28.5 Å². The second-order valence-corrected chi connectivity index (χ2v) is 5.86. The first-order valence-electron chi connectivity index (χ1n) is 7.99. The number of hydrogen-bond acceptors (Lipinski definition) is 4. The van der Waals surface area contributed by atoms with Crippen molar-refractivity contribution in [2.45, 2.75) is 39.7 Å². The van der Waals surface area contributed by atoms with E-state index in [1.165, 1.54) is 5.56 Å². The number of aromatic nitrogens is 2. The van der Waals surface area contributed by atoms with Crippen LogP contribution in [-0.2, 0) is 6.42 Å². The van der Waals surface area contributed by atoms with Gasteiger partial charge in [0.1, 0.15) is 5.69 Å². The summed E-state index contributed by atoms with van der Waals surface area (Å²) in [7, 11) is 0. The van der Waals surface area contributed by atoms with E-state index >= 15 is 0 Å². The van der Waals surface area contributed by atoms with E-state index in [0.29, 0.717) is 11.6 Å². The zero-order chi connectivity index (χ0) is 16.7. The summed E-state index contributed by atoms with van der Waals surface area (Å²) >= 11 is 0. The molecule has 23 heavy (non-hydrogen) atoms. The standard InChI is InChI=1S/C18H24N4O/c1-13(2)20-17(23)16-12-14(3)21-18(22-16)19-11-7-10-15-8-5-4-6-9-15/h4-6,8-9,12-13H,7,10-11H2,1-3H3,(H,20,23)(H,19,21,22). The molecule has 0 saturated heterocycles. The molecule has 1 amide bonds. The molecule has 0 spiro atoms. The van der Waals surface area contributed by atoms with Crippen LogP contribution in [0.15, 0.2) is 36.4 Å². The number of anilines is 1. The van der Waals surface area contributed by atoms with Crippen molar-refractivity contribution in [3.05, 3.63) is 53.3 Å². The highest BCUT2D eigenvalue weighted by molar-refractivity contribution is 5.92. The average Bonchev–Trinajstić information content (AvgIpc) is 2.51. The van der Waals surface area contributed by atoms with Crippen LogP contribution >= 0.6 is 0 Å². The molecule has 0 aliphatic heterocycles. The van der Waals surface area contributed by atoms with Gasteiger partial charge in [-0.3, -0.25) is 4.79 Å². The Morgan fingerprint density at radius 3 is 2.61 bits per heavy atom. The number of nitrogens with one attached hydrogen (secondary N) is 2. The Bertz CT molecular complexity index is 641. The molecule has 5 heteroatoms. The van der Waals surface area contributed by atoms with Crippen LogP contribution in [0.2, 0.25) is 0 Å². The lowest BCUT2D eigenvalue weighted by Crippen LogP contribution is -2.31.